The van der Waals surface area contributed by atoms with E-state index in [-0.39, 0.29) is 30.8 Å². The number of carbonyl (C=O) groups excluding carboxylic acids is 3. The normalized spacial score (nSPS) is 14.0. The van der Waals surface area contributed by atoms with Crippen LogP contribution in [0.25, 0.3) is 0 Å². The van der Waals surface area contributed by atoms with E-state index in [9.17, 15) is 14.4 Å². The number of esters is 1. The Bertz CT molecular complexity index is 616. The maximum atomic E-state index is 12.2. The maximum Gasteiger partial charge on any atom is 0.328 e. The van der Waals surface area contributed by atoms with Gasteiger partial charge in [0.2, 0.25) is 0 Å². The van der Waals surface area contributed by atoms with Crippen LogP contribution in [0.1, 0.15) is 25.8 Å². The van der Waals surface area contributed by atoms with Gasteiger partial charge < -0.3 is 20.3 Å². The van der Waals surface area contributed by atoms with Gasteiger partial charge in [0.25, 0.3) is 11.8 Å². The number of likely N-dealkylation sites (N-methyl/N-ethyl adjacent to an activating group) is 1. The molecule has 1 rings (SSSR count). The first-order valence-corrected chi connectivity index (χ1v) is 8.81. The maximum absolute atomic E-state index is 12.2. The summed E-state index contributed by atoms with van der Waals surface area (Å²) in [7, 11) is 3.06. The smallest absolute Gasteiger partial charge is 0.328 e. The van der Waals surface area contributed by atoms with E-state index in [2.05, 4.69) is 10.6 Å². The van der Waals surface area contributed by atoms with E-state index in [1.165, 1.54) is 7.11 Å². The number of hydrogen-bond acceptors (Lipinski definition) is 4. The van der Waals surface area contributed by atoms with Crippen LogP contribution in [0, 0.1) is 12.8 Å². The lowest BCUT2D eigenvalue weighted by Gasteiger charge is -2.22. The van der Waals surface area contributed by atoms with Crippen molar-refractivity contribution in [2.45, 2.75) is 33.2 Å². The summed E-state index contributed by atoms with van der Waals surface area (Å²) in [5.41, 5.74) is 1.84. The highest BCUT2D eigenvalue weighted by atomic mass is 16.5. The van der Waals surface area contributed by atoms with Crippen LogP contribution in [-0.2, 0) is 19.1 Å². The molecule has 0 aliphatic carbocycles. The molecule has 2 amide bonds. The molecular weight excluding hydrogens is 334 g/mol. The Morgan fingerprint density at radius 1 is 1.12 bits per heavy atom. The molecule has 0 aromatic heterocycles. The fourth-order valence-corrected chi connectivity index (χ4v) is 2.47. The third-order valence-electron chi connectivity index (χ3n) is 4.24. The van der Waals surface area contributed by atoms with Gasteiger partial charge in [0, 0.05) is 5.69 Å². The van der Waals surface area contributed by atoms with E-state index in [0.717, 1.165) is 22.6 Å². The van der Waals surface area contributed by atoms with Crippen molar-refractivity contribution in [2.75, 3.05) is 32.6 Å². The molecule has 0 spiro atoms. The van der Waals surface area contributed by atoms with Crippen LogP contribution in [0.3, 0.4) is 0 Å². The molecule has 26 heavy (non-hydrogen) atoms. The summed E-state index contributed by atoms with van der Waals surface area (Å²) < 4.78 is 4.76. The van der Waals surface area contributed by atoms with E-state index < -0.39 is 12.0 Å². The molecule has 0 heterocycles. The molecule has 7 heteroatoms. The number of amides is 2. The first-order valence-electron chi connectivity index (χ1n) is 8.81. The topological polar surface area (TPSA) is 88.9 Å². The molecule has 3 atom stereocenters. The van der Waals surface area contributed by atoms with Crippen molar-refractivity contribution in [3.63, 3.8) is 0 Å². The minimum absolute atomic E-state index is 0.0310. The van der Waals surface area contributed by atoms with Gasteiger partial charge in [-0.25, -0.2) is 4.79 Å². The lowest BCUT2D eigenvalue weighted by atomic mass is 9.99. The highest BCUT2D eigenvalue weighted by molar-refractivity contribution is 5.91. The number of carbonyl (C=O) groups is 3. The molecule has 1 unspecified atom stereocenters. The molecule has 3 N–H and O–H groups in total. The molecule has 0 saturated carbocycles. The zero-order chi connectivity index (χ0) is 19.7. The van der Waals surface area contributed by atoms with Gasteiger partial charge in [-0.15, -0.1) is 0 Å². The van der Waals surface area contributed by atoms with Crippen LogP contribution in [-0.4, -0.2) is 51.1 Å². The van der Waals surface area contributed by atoms with Crippen molar-refractivity contribution >= 4 is 23.5 Å². The van der Waals surface area contributed by atoms with Crippen molar-refractivity contribution in [3.05, 3.63) is 29.8 Å². The predicted octanol–water partition coefficient (Wildman–Crippen LogP) is 0.152. The van der Waals surface area contributed by atoms with Crippen LogP contribution in [0.5, 0.6) is 0 Å². The van der Waals surface area contributed by atoms with Crippen molar-refractivity contribution in [1.82, 2.24) is 5.32 Å². The molecule has 0 aliphatic heterocycles. The summed E-state index contributed by atoms with van der Waals surface area (Å²) in [6, 6.07) is 6.83. The number of anilines is 1. The highest BCUT2D eigenvalue weighted by Crippen LogP contribution is 2.09. The van der Waals surface area contributed by atoms with Crippen LogP contribution >= 0.6 is 0 Å². The second kappa shape index (κ2) is 10.6. The Labute approximate surface area is 155 Å². The lowest BCUT2D eigenvalue weighted by Crippen LogP contribution is -3.11. The summed E-state index contributed by atoms with van der Waals surface area (Å²) in [6.07, 6.45) is 0.738. The van der Waals surface area contributed by atoms with E-state index in [0.29, 0.717) is 0 Å². The molecule has 1 aromatic carbocycles. The number of quaternary nitrogens is 1. The van der Waals surface area contributed by atoms with Gasteiger partial charge in [0.15, 0.2) is 13.1 Å². The number of aryl methyl sites for hydroxylation is 1. The van der Waals surface area contributed by atoms with Crippen LogP contribution in [0.2, 0.25) is 0 Å². The Hall–Kier alpha value is -2.41. The Morgan fingerprint density at radius 3 is 2.23 bits per heavy atom. The summed E-state index contributed by atoms with van der Waals surface area (Å²) >= 11 is 0. The molecule has 144 valence electrons. The third kappa shape index (κ3) is 7.23. The van der Waals surface area contributed by atoms with E-state index >= 15 is 0 Å². The fraction of sp³-hybridized carbons (Fsp3) is 0.526. The van der Waals surface area contributed by atoms with Crippen LogP contribution in [0.4, 0.5) is 5.69 Å². The van der Waals surface area contributed by atoms with Crippen LogP contribution < -0.4 is 15.5 Å². The zero-order valence-electron chi connectivity index (χ0n) is 16.2. The van der Waals surface area contributed by atoms with Crippen LogP contribution in [0.15, 0.2) is 24.3 Å². The Balaban J connectivity index is 2.50. The summed E-state index contributed by atoms with van der Waals surface area (Å²) in [4.78, 5) is 36.8. The monoisotopic (exact) mass is 364 g/mol. The Morgan fingerprint density at radius 2 is 1.69 bits per heavy atom. The molecule has 7 nitrogen and oxygen atoms in total. The SMILES string of the molecule is CC[C@@H](C)[C@@H](NC(=O)C[NH+](C)CC(=O)Nc1ccc(C)cc1)C(=O)OC. The van der Waals surface area contributed by atoms with E-state index in [1.807, 2.05) is 45.0 Å². The zero-order valence-corrected chi connectivity index (χ0v) is 16.2. The number of rotatable bonds is 9. The predicted molar refractivity (Wildman–Crippen MR) is 99.8 cm³/mol. The quantitative estimate of drug-likeness (QED) is 0.544. The number of hydrogen-bond donors (Lipinski definition) is 3. The van der Waals surface area contributed by atoms with Gasteiger partial charge in [-0.1, -0.05) is 38.0 Å². The van der Waals surface area contributed by atoms with Gasteiger partial charge in [-0.2, -0.15) is 0 Å². The summed E-state index contributed by atoms with van der Waals surface area (Å²) in [5.74, 6) is -0.953. The van der Waals surface area contributed by atoms with Crippen molar-refractivity contribution in [2.24, 2.45) is 5.92 Å². The van der Waals surface area contributed by atoms with Gasteiger partial charge in [0.1, 0.15) is 6.04 Å². The standard InChI is InChI=1S/C19H29N3O4/c1-6-14(3)18(19(25)26-5)21-17(24)12-22(4)11-16(23)20-15-9-7-13(2)8-10-15/h7-10,14,18H,6,11-12H2,1-5H3,(H,20,23)(H,21,24)/p+1/t14-,18-/m1/s1. The largest absolute Gasteiger partial charge is 0.467 e. The number of methoxy groups -OCH3 is 1. The molecule has 0 aliphatic rings. The molecule has 0 bridgehead atoms. The fourth-order valence-electron chi connectivity index (χ4n) is 2.47. The van der Waals surface area contributed by atoms with Crippen molar-refractivity contribution in [3.8, 4) is 0 Å². The lowest BCUT2D eigenvalue weighted by molar-refractivity contribution is -0.862. The molecule has 1 aromatic rings. The average Bonchev–Trinajstić information content (AvgIpc) is 2.60. The first kappa shape index (κ1) is 21.6. The van der Waals surface area contributed by atoms with Gasteiger partial charge >= 0.3 is 5.97 Å². The molecule has 0 saturated heterocycles. The summed E-state index contributed by atoms with van der Waals surface area (Å²) in [6.45, 7) is 6.04. The minimum atomic E-state index is -0.674. The molecule has 0 radical (unpaired) electrons. The average molecular weight is 364 g/mol. The van der Waals surface area contributed by atoms with Crippen molar-refractivity contribution in [1.29, 1.82) is 0 Å². The molecular formula is C19H30N3O4+. The number of ether oxygens (including phenoxy) is 1. The number of benzene rings is 1. The van der Waals surface area contributed by atoms with E-state index in [1.54, 1.807) is 7.05 Å². The number of nitrogens with one attached hydrogen (secondary N) is 3. The second-order valence-electron chi connectivity index (χ2n) is 6.68. The van der Waals surface area contributed by atoms with E-state index in [4.69, 9.17) is 4.74 Å². The van der Waals surface area contributed by atoms with Gasteiger partial charge in [-0.05, 0) is 25.0 Å². The third-order valence-corrected chi connectivity index (χ3v) is 4.24. The highest BCUT2D eigenvalue weighted by Gasteiger charge is 2.27. The summed E-state index contributed by atoms with van der Waals surface area (Å²) in [5, 5.41) is 5.52. The van der Waals surface area contributed by atoms with Gasteiger partial charge in [0.05, 0.1) is 14.2 Å². The molecule has 0 fully saturated rings. The van der Waals surface area contributed by atoms with Gasteiger partial charge in [-0.3, -0.25) is 9.59 Å². The Kier molecular flexibility index (Phi) is 8.78. The second-order valence-corrected chi connectivity index (χ2v) is 6.68. The minimum Gasteiger partial charge on any atom is -0.467 e. The first-order chi connectivity index (χ1) is 12.3. The van der Waals surface area contributed by atoms with Crippen molar-refractivity contribution < 1.29 is 24.0 Å².